The Kier molecular flexibility index (Phi) is 5.87. The first kappa shape index (κ1) is 22.2. The van der Waals surface area contributed by atoms with Gasteiger partial charge in [-0.1, -0.05) is 17.4 Å². The molecule has 1 aliphatic heterocycles. The molecule has 0 aliphatic carbocycles. The zero-order valence-corrected chi connectivity index (χ0v) is 19.2. The summed E-state index contributed by atoms with van der Waals surface area (Å²) in [4.78, 5) is 32.0. The van der Waals surface area contributed by atoms with Gasteiger partial charge in [0.05, 0.1) is 25.3 Å². The maximum atomic E-state index is 13.0. The smallest absolute Gasteiger partial charge is 0.270 e. The number of aromatic nitrogens is 1. The normalized spacial score (nSPS) is 14.8. The lowest BCUT2D eigenvalue weighted by Crippen LogP contribution is -2.48. The monoisotopic (exact) mass is 474 g/mol. The highest BCUT2D eigenvalue weighted by Crippen LogP contribution is 2.32. The second kappa shape index (κ2) is 8.47. The summed E-state index contributed by atoms with van der Waals surface area (Å²) < 4.78 is 25.6. The standard InChI is InChI=1S/C21H22N4O5S2/c1-14(2)32(29,30)17-5-3-4-15(12-17)20(26)23-8-10-24(11-9-23)21-22-18-7-6-16(25(27)28)13-19(18)31-21/h3-7,12-14H,8-11H2,1-2H3. The molecule has 0 N–H and O–H groups in total. The average Bonchev–Trinajstić information content (AvgIpc) is 3.22. The fourth-order valence-electron chi connectivity index (χ4n) is 3.51. The Hall–Kier alpha value is -3.05. The van der Waals surface area contributed by atoms with Crippen LogP contribution in [0.1, 0.15) is 24.2 Å². The Morgan fingerprint density at radius 1 is 1.12 bits per heavy atom. The molecule has 4 rings (SSSR count). The molecular weight excluding hydrogens is 452 g/mol. The maximum absolute atomic E-state index is 13.0. The van der Waals surface area contributed by atoms with Crippen LogP contribution in [0.3, 0.4) is 0 Å². The number of benzene rings is 2. The molecule has 0 spiro atoms. The fourth-order valence-corrected chi connectivity index (χ4v) is 5.67. The molecule has 1 saturated heterocycles. The number of nitro groups is 1. The number of nitro benzene ring substituents is 1. The SMILES string of the molecule is CC(C)S(=O)(=O)c1cccc(C(=O)N2CCN(c3nc4ccc([N+](=O)[O-])cc4s3)CC2)c1. The van der Waals surface area contributed by atoms with Crippen LogP contribution in [0.2, 0.25) is 0 Å². The van der Waals surface area contributed by atoms with Crippen LogP contribution in [0.4, 0.5) is 10.8 Å². The molecule has 168 valence electrons. The van der Waals surface area contributed by atoms with Gasteiger partial charge in [0.2, 0.25) is 0 Å². The number of nitrogens with zero attached hydrogens (tertiary/aromatic N) is 4. The first-order valence-electron chi connectivity index (χ1n) is 10.1. The van der Waals surface area contributed by atoms with E-state index in [9.17, 15) is 23.3 Å². The molecule has 2 heterocycles. The number of anilines is 1. The van der Waals surface area contributed by atoms with Gasteiger partial charge < -0.3 is 9.80 Å². The number of piperazine rings is 1. The van der Waals surface area contributed by atoms with Crippen LogP contribution in [0.5, 0.6) is 0 Å². The van der Waals surface area contributed by atoms with Crippen molar-refractivity contribution in [1.29, 1.82) is 0 Å². The Labute approximate surface area is 189 Å². The van der Waals surface area contributed by atoms with Crippen molar-refractivity contribution >= 4 is 48.1 Å². The lowest BCUT2D eigenvalue weighted by Gasteiger charge is -2.34. The highest BCUT2D eigenvalue weighted by atomic mass is 32.2. The van der Waals surface area contributed by atoms with Crippen molar-refractivity contribution in [3.05, 3.63) is 58.1 Å². The summed E-state index contributed by atoms with van der Waals surface area (Å²) in [6, 6.07) is 10.8. The van der Waals surface area contributed by atoms with E-state index in [2.05, 4.69) is 9.88 Å². The van der Waals surface area contributed by atoms with E-state index in [-0.39, 0.29) is 16.5 Å². The van der Waals surface area contributed by atoms with Gasteiger partial charge in [0.25, 0.3) is 11.6 Å². The third-order valence-electron chi connectivity index (χ3n) is 5.44. The molecule has 0 saturated carbocycles. The van der Waals surface area contributed by atoms with Crippen molar-refractivity contribution in [1.82, 2.24) is 9.88 Å². The number of thiazole rings is 1. The minimum absolute atomic E-state index is 0.0322. The summed E-state index contributed by atoms with van der Waals surface area (Å²) in [5.41, 5.74) is 1.09. The van der Waals surface area contributed by atoms with Crippen LogP contribution in [0.25, 0.3) is 10.2 Å². The number of sulfone groups is 1. The molecule has 1 amide bonds. The van der Waals surface area contributed by atoms with Gasteiger partial charge in [-0.25, -0.2) is 13.4 Å². The molecule has 0 radical (unpaired) electrons. The molecule has 0 unspecified atom stereocenters. The van der Waals surface area contributed by atoms with Crippen LogP contribution in [-0.4, -0.2) is 60.6 Å². The molecule has 3 aromatic rings. The average molecular weight is 475 g/mol. The van der Waals surface area contributed by atoms with E-state index in [1.807, 2.05) is 0 Å². The van der Waals surface area contributed by atoms with Crippen LogP contribution in [0.15, 0.2) is 47.4 Å². The van der Waals surface area contributed by atoms with Gasteiger partial charge in [-0.2, -0.15) is 0 Å². The third-order valence-corrected chi connectivity index (χ3v) is 8.67. The molecule has 1 aromatic heterocycles. The molecule has 1 aliphatic rings. The summed E-state index contributed by atoms with van der Waals surface area (Å²) in [5.74, 6) is -0.203. The van der Waals surface area contributed by atoms with Crippen LogP contribution >= 0.6 is 11.3 Å². The van der Waals surface area contributed by atoms with Gasteiger partial charge >= 0.3 is 0 Å². The van der Waals surface area contributed by atoms with Crippen molar-refractivity contribution < 1.29 is 18.1 Å². The van der Waals surface area contributed by atoms with Crippen molar-refractivity contribution in [3.8, 4) is 0 Å². The molecular formula is C21H22N4O5S2. The van der Waals surface area contributed by atoms with Crippen molar-refractivity contribution in [3.63, 3.8) is 0 Å². The van der Waals surface area contributed by atoms with Gasteiger partial charge in [0.15, 0.2) is 15.0 Å². The van der Waals surface area contributed by atoms with Gasteiger partial charge in [0, 0.05) is 43.9 Å². The Morgan fingerprint density at radius 3 is 2.50 bits per heavy atom. The Morgan fingerprint density at radius 2 is 1.84 bits per heavy atom. The first-order valence-corrected chi connectivity index (χ1v) is 12.5. The predicted octanol–water partition coefficient (Wildman–Crippen LogP) is 3.35. The summed E-state index contributed by atoms with van der Waals surface area (Å²) in [5, 5.41) is 11.2. The topological polar surface area (TPSA) is 114 Å². The van der Waals surface area contributed by atoms with Gasteiger partial charge in [-0.05, 0) is 38.1 Å². The summed E-state index contributed by atoms with van der Waals surface area (Å²) in [6.45, 7) is 5.30. The van der Waals surface area contributed by atoms with Gasteiger partial charge in [-0.15, -0.1) is 0 Å². The molecule has 32 heavy (non-hydrogen) atoms. The molecule has 1 fully saturated rings. The fraction of sp³-hybridized carbons (Fsp3) is 0.333. The number of fused-ring (bicyclic) bond motifs is 1. The number of non-ortho nitro benzene ring substituents is 1. The molecule has 9 nitrogen and oxygen atoms in total. The zero-order valence-electron chi connectivity index (χ0n) is 17.6. The van der Waals surface area contributed by atoms with Gasteiger partial charge in [-0.3, -0.25) is 14.9 Å². The van der Waals surface area contributed by atoms with E-state index in [1.54, 1.807) is 36.9 Å². The lowest BCUT2D eigenvalue weighted by atomic mass is 10.2. The van der Waals surface area contributed by atoms with Crippen molar-refractivity contribution in [2.24, 2.45) is 0 Å². The van der Waals surface area contributed by atoms with E-state index in [4.69, 9.17) is 0 Å². The van der Waals surface area contributed by atoms with E-state index >= 15 is 0 Å². The molecule has 0 atom stereocenters. The second-order valence-electron chi connectivity index (χ2n) is 7.81. The minimum atomic E-state index is -3.46. The number of rotatable bonds is 5. The van der Waals surface area contributed by atoms with Crippen molar-refractivity contribution in [2.45, 2.75) is 24.0 Å². The van der Waals surface area contributed by atoms with E-state index in [1.165, 1.54) is 35.6 Å². The number of hydrogen-bond donors (Lipinski definition) is 0. The molecule has 11 heteroatoms. The summed E-state index contributed by atoms with van der Waals surface area (Å²) in [6.07, 6.45) is 0. The van der Waals surface area contributed by atoms with Crippen molar-refractivity contribution in [2.75, 3.05) is 31.1 Å². The third kappa shape index (κ3) is 4.17. The highest BCUT2D eigenvalue weighted by molar-refractivity contribution is 7.92. The number of amides is 1. The van der Waals surface area contributed by atoms with E-state index < -0.39 is 20.0 Å². The number of hydrogen-bond acceptors (Lipinski definition) is 8. The van der Waals surface area contributed by atoms with Gasteiger partial charge in [0.1, 0.15) is 0 Å². The Balaban J connectivity index is 1.46. The molecule has 2 aromatic carbocycles. The molecule has 0 bridgehead atoms. The first-order chi connectivity index (χ1) is 15.2. The van der Waals surface area contributed by atoms with Crippen LogP contribution < -0.4 is 4.90 Å². The van der Waals surface area contributed by atoms with Crippen LogP contribution in [-0.2, 0) is 9.84 Å². The van der Waals surface area contributed by atoms with E-state index in [0.29, 0.717) is 37.3 Å². The number of carbonyl (C=O) groups excluding carboxylic acids is 1. The predicted molar refractivity (Wildman–Crippen MR) is 123 cm³/mol. The quantitative estimate of drug-likeness (QED) is 0.411. The van der Waals surface area contributed by atoms with E-state index in [0.717, 1.165) is 9.83 Å². The minimum Gasteiger partial charge on any atom is -0.345 e. The van der Waals surface area contributed by atoms with Crippen LogP contribution in [0, 0.1) is 10.1 Å². The zero-order chi connectivity index (χ0) is 23.0. The lowest BCUT2D eigenvalue weighted by molar-refractivity contribution is -0.384. The maximum Gasteiger partial charge on any atom is 0.270 e. The second-order valence-corrected chi connectivity index (χ2v) is 11.3. The largest absolute Gasteiger partial charge is 0.345 e. The summed E-state index contributed by atoms with van der Waals surface area (Å²) >= 11 is 1.39. The Bertz CT molecular complexity index is 1290. The highest BCUT2D eigenvalue weighted by Gasteiger charge is 2.26. The number of carbonyl (C=O) groups is 1. The summed E-state index contributed by atoms with van der Waals surface area (Å²) in [7, 11) is -3.46.